The highest BCUT2D eigenvalue weighted by molar-refractivity contribution is 4.62. The molecule has 0 heterocycles. The van der Waals surface area contributed by atoms with Gasteiger partial charge >= 0.3 is 0 Å². The number of hydrogen-bond acceptors (Lipinski definition) is 0. The van der Waals surface area contributed by atoms with Crippen LogP contribution in [-0.4, -0.2) is 0 Å². The molecule has 1 saturated carbocycles. The van der Waals surface area contributed by atoms with Crippen molar-refractivity contribution >= 4 is 0 Å². The van der Waals surface area contributed by atoms with E-state index in [1.807, 2.05) is 0 Å². The first kappa shape index (κ1) is 28.0. The Hall–Kier alpha value is 0. The van der Waals surface area contributed by atoms with Crippen LogP contribution in [0.25, 0.3) is 0 Å². The van der Waals surface area contributed by atoms with E-state index in [1.165, 1.54) is 180 Å². The Bertz CT molecular complexity index is 291. The van der Waals surface area contributed by atoms with Crippen molar-refractivity contribution in [1.29, 1.82) is 0 Å². The fourth-order valence-electron chi connectivity index (χ4n) is 5.52. The summed E-state index contributed by atoms with van der Waals surface area (Å²) in [7, 11) is 0. The van der Waals surface area contributed by atoms with Crippen LogP contribution in [0.15, 0.2) is 0 Å². The lowest BCUT2D eigenvalue weighted by atomic mass is 9.89. The number of rotatable bonds is 13. The predicted molar refractivity (Wildman–Crippen MR) is 138 cm³/mol. The summed E-state index contributed by atoms with van der Waals surface area (Å²) < 4.78 is 0. The second-order valence-electron chi connectivity index (χ2n) is 10.7. The molecule has 180 valence electrons. The van der Waals surface area contributed by atoms with E-state index in [0.29, 0.717) is 0 Å². The van der Waals surface area contributed by atoms with Crippen LogP contribution in [0.2, 0.25) is 0 Å². The van der Waals surface area contributed by atoms with Crippen molar-refractivity contribution in [2.24, 2.45) is 5.92 Å². The van der Waals surface area contributed by atoms with Gasteiger partial charge < -0.3 is 0 Å². The lowest BCUT2D eigenvalue weighted by Gasteiger charge is -2.17. The highest BCUT2D eigenvalue weighted by atomic mass is 14.1. The van der Waals surface area contributed by atoms with Gasteiger partial charge in [0.05, 0.1) is 0 Å². The maximum absolute atomic E-state index is 2.31. The molecule has 1 aliphatic carbocycles. The molecule has 0 aromatic carbocycles. The first-order chi connectivity index (χ1) is 14.9. The molecule has 1 aliphatic rings. The smallest absolute Gasteiger partial charge is 0.0414 e. The molecule has 0 aromatic rings. The van der Waals surface area contributed by atoms with Gasteiger partial charge in [-0.3, -0.25) is 0 Å². The fraction of sp³-hybridized carbons (Fsp3) is 1.00. The highest BCUT2D eigenvalue weighted by Crippen LogP contribution is 2.25. The monoisotopic (exact) mass is 420 g/mol. The van der Waals surface area contributed by atoms with Gasteiger partial charge in [-0.25, -0.2) is 0 Å². The van der Waals surface area contributed by atoms with Crippen LogP contribution in [-0.2, 0) is 0 Å². The molecule has 0 aliphatic heterocycles. The van der Waals surface area contributed by atoms with Crippen LogP contribution >= 0.6 is 0 Å². The lowest BCUT2D eigenvalue weighted by molar-refractivity contribution is 0.364. The quantitative estimate of drug-likeness (QED) is 0.260. The van der Waals surface area contributed by atoms with Gasteiger partial charge in [-0.2, -0.15) is 0 Å². The number of hydrogen-bond donors (Lipinski definition) is 0. The minimum Gasteiger partial charge on any atom is -0.0654 e. The molecule has 0 spiro atoms. The molecule has 0 aromatic heterocycles. The molecular formula is C30H60. The van der Waals surface area contributed by atoms with E-state index >= 15 is 0 Å². The van der Waals surface area contributed by atoms with Crippen LogP contribution in [0.3, 0.4) is 0 Å². The highest BCUT2D eigenvalue weighted by Gasteiger charge is 2.09. The van der Waals surface area contributed by atoms with Crippen molar-refractivity contribution < 1.29 is 0 Å². The average Bonchev–Trinajstić information content (AvgIpc) is 2.75. The van der Waals surface area contributed by atoms with Gasteiger partial charge in [0.2, 0.25) is 0 Å². The van der Waals surface area contributed by atoms with Crippen LogP contribution in [0.1, 0.15) is 187 Å². The zero-order valence-corrected chi connectivity index (χ0v) is 21.4. The molecule has 0 saturated heterocycles. The van der Waals surface area contributed by atoms with Crippen LogP contribution in [0.4, 0.5) is 0 Å². The van der Waals surface area contributed by atoms with Gasteiger partial charge in [0.1, 0.15) is 0 Å². The molecule has 1 rings (SSSR count). The van der Waals surface area contributed by atoms with Crippen LogP contribution in [0, 0.1) is 5.92 Å². The zero-order chi connectivity index (χ0) is 21.4. The van der Waals surface area contributed by atoms with Crippen molar-refractivity contribution in [2.45, 2.75) is 187 Å². The van der Waals surface area contributed by atoms with Gasteiger partial charge in [0.15, 0.2) is 0 Å². The van der Waals surface area contributed by atoms with Gasteiger partial charge in [0.25, 0.3) is 0 Å². The minimum absolute atomic E-state index is 1.06. The Morgan fingerprint density at radius 3 is 1.03 bits per heavy atom. The summed E-state index contributed by atoms with van der Waals surface area (Å²) in [6.07, 6.45) is 42.0. The van der Waals surface area contributed by atoms with Crippen LogP contribution < -0.4 is 0 Å². The Morgan fingerprint density at radius 1 is 0.367 bits per heavy atom. The molecule has 0 N–H and O–H groups in total. The Balaban J connectivity index is 2.01. The second kappa shape index (κ2) is 23.7. The molecule has 0 heteroatoms. The standard InChI is InChI=1S/C30H60/c1-2-3-4-5-6-7-8-12-15-18-21-24-27-30-28-25-22-19-16-13-10-9-11-14-17-20-23-26-29-30/h30H,2-29H2,1H3. The molecule has 0 radical (unpaired) electrons. The summed E-state index contributed by atoms with van der Waals surface area (Å²) in [6, 6.07) is 0. The zero-order valence-electron chi connectivity index (χ0n) is 21.4. The Kier molecular flexibility index (Phi) is 22.1. The van der Waals surface area contributed by atoms with Crippen molar-refractivity contribution in [2.75, 3.05) is 0 Å². The van der Waals surface area contributed by atoms with Gasteiger partial charge in [-0.15, -0.1) is 0 Å². The minimum atomic E-state index is 1.06. The Labute approximate surface area is 192 Å². The number of unbranched alkanes of at least 4 members (excludes halogenated alkanes) is 11. The first-order valence-electron chi connectivity index (χ1n) is 14.9. The summed E-state index contributed by atoms with van der Waals surface area (Å²) in [5.41, 5.74) is 0. The van der Waals surface area contributed by atoms with Gasteiger partial charge in [-0.1, -0.05) is 187 Å². The third-order valence-electron chi connectivity index (χ3n) is 7.69. The molecular weight excluding hydrogens is 360 g/mol. The third kappa shape index (κ3) is 19.9. The molecule has 0 amide bonds. The summed E-state index contributed by atoms with van der Waals surface area (Å²) in [6.45, 7) is 2.31. The van der Waals surface area contributed by atoms with E-state index in [2.05, 4.69) is 6.92 Å². The molecule has 30 heavy (non-hydrogen) atoms. The van der Waals surface area contributed by atoms with Crippen molar-refractivity contribution in [3.63, 3.8) is 0 Å². The second-order valence-corrected chi connectivity index (χ2v) is 10.7. The lowest BCUT2D eigenvalue weighted by Crippen LogP contribution is -2.02. The molecule has 0 nitrogen and oxygen atoms in total. The largest absolute Gasteiger partial charge is 0.0654 e. The van der Waals surface area contributed by atoms with Crippen molar-refractivity contribution in [3.05, 3.63) is 0 Å². The maximum atomic E-state index is 2.31. The summed E-state index contributed by atoms with van der Waals surface area (Å²) >= 11 is 0. The summed E-state index contributed by atoms with van der Waals surface area (Å²) in [4.78, 5) is 0. The topological polar surface area (TPSA) is 0 Å². The first-order valence-corrected chi connectivity index (χ1v) is 14.9. The maximum Gasteiger partial charge on any atom is -0.0414 e. The Morgan fingerprint density at radius 2 is 0.667 bits per heavy atom. The van der Waals surface area contributed by atoms with E-state index in [-0.39, 0.29) is 0 Å². The van der Waals surface area contributed by atoms with E-state index in [4.69, 9.17) is 0 Å². The van der Waals surface area contributed by atoms with E-state index in [9.17, 15) is 0 Å². The van der Waals surface area contributed by atoms with E-state index in [1.54, 1.807) is 0 Å². The van der Waals surface area contributed by atoms with Gasteiger partial charge in [-0.05, 0) is 5.92 Å². The average molecular weight is 421 g/mol. The van der Waals surface area contributed by atoms with Crippen molar-refractivity contribution in [3.8, 4) is 0 Å². The van der Waals surface area contributed by atoms with E-state index in [0.717, 1.165) is 5.92 Å². The van der Waals surface area contributed by atoms with Gasteiger partial charge in [0, 0.05) is 0 Å². The molecule has 0 unspecified atom stereocenters. The molecule has 0 bridgehead atoms. The normalized spacial score (nSPS) is 19.1. The van der Waals surface area contributed by atoms with E-state index < -0.39 is 0 Å². The van der Waals surface area contributed by atoms with Crippen molar-refractivity contribution in [1.82, 2.24) is 0 Å². The predicted octanol–water partition coefficient (Wildman–Crippen LogP) is 11.6. The fourth-order valence-corrected chi connectivity index (χ4v) is 5.52. The molecule has 0 atom stereocenters. The summed E-state index contributed by atoms with van der Waals surface area (Å²) in [5.74, 6) is 1.06. The molecule has 1 fully saturated rings. The summed E-state index contributed by atoms with van der Waals surface area (Å²) in [5, 5.41) is 0. The SMILES string of the molecule is CCCCCCCCCCCCCCC1CCCCCCCCCCCCCCC1. The van der Waals surface area contributed by atoms with Crippen LogP contribution in [0.5, 0.6) is 0 Å². The third-order valence-corrected chi connectivity index (χ3v) is 7.69.